The molecule has 0 unspecified atom stereocenters. The summed E-state index contributed by atoms with van der Waals surface area (Å²) in [6.45, 7) is -0.352. The molecule has 0 aliphatic heterocycles. The van der Waals surface area contributed by atoms with E-state index in [1.165, 1.54) is 0 Å². The number of carbonyl (C=O) groups excluding carboxylic acids is 2. The van der Waals surface area contributed by atoms with Crippen LogP contribution in [0, 0.1) is 0 Å². The quantitative estimate of drug-likeness (QED) is 0.525. The van der Waals surface area contributed by atoms with Crippen LogP contribution in [0.2, 0.25) is 0 Å². The van der Waals surface area contributed by atoms with Crippen LogP contribution < -0.4 is 11.1 Å². The average Bonchev–Trinajstić information content (AvgIpc) is 2.36. The second-order valence-electron chi connectivity index (χ2n) is 3.31. The Morgan fingerprint density at radius 2 is 2.00 bits per heavy atom. The van der Waals surface area contributed by atoms with Gasteiger partial charge in [-0.25, -0.2) is 0 Å². The summed E-state index contributed by atoms with van der Waals surface area (Å²) in [5, 5.41) is 2.58. The third kappa shape index (κ3) is 4.88. The monoisotopic (exact) mass is 254 g/mol. The predicted molar refractivity (Wildman–Crippen MR) is 67.9 cm³/mol. The largest absolute Gasteiger partial charge is 0.454 e. The lowest BCUT2D eigenvalue weighted by Crippen LogP contribution is -2.35. The smallest absolute Gasteiger partial charge is 0.324 e. The number of anilines is 1. The van der Waals surface area contributed by atoms with Gasteiger partial charge in [0.25, 0.3) is 5.91 Å². The Hall–Kier alpha value is -1.53. The molecule has 0 aliphatic rings. The van der Waals surface area contributed by atoms with Gasteiger partial charge in [0, 0.05) is 11.4 Å². The predicted octanol–water partition coefficient (Wildman–Crippen LogP) is 0.425. The number of rotatable bonds is 5. The number of benzene rings is 1. The Balaban J connectivity index is 2.34. The molecule has 0 bridgehead atoms. The van der Waals surface area contributed by atoms with Crippen LogP contribution in [-0.4, -0.2) is 30.3 Å². The summed E-state index contributed by atoms with van der Waals surface area (Å²) in [5.74, 6) is -0.863. The number of carbonyl (C=O) groups is 2. The highest BCUT2D eigenvalue weighted by Gasteiger charge is 2.14. The first-order chi connectivity index (χ1) is 8.13. The summed E-state index contributed by atoms with van der Waals surface area (Å²) >= 11 is 3.85. The van der Waals surface area contributed by atoms with E-state index in [9.17, 15) is 9.59 Å². The first-order valence-corrected chi connectivity index (χ1v) is 5.64. The number of amides is 1. The highest BCUT2D eigenvalue weighted by molar-refractivity contribution is 7.80. The molecule has 3 N–H and O–H groups in total. The summed E-state index contributed by atoms with van der Waals surface area (Å²) < 4.78 is 4.70. The molecule has 0 spiro atoms. The fraction of sp³-hybridized carbons (Fsp3) is 0.273. The van der Waals surface area contributed by atoms with Crippen molar-refractivity contribution < 1.29 is 14.3 Å². The van der Waals surface area contributed by atoms with Gasteiger partial charge in [0.05, 0.1) is 0 Å². The van der Waals surface area contributed by atoms with Gasteiger partial charge < -0.3 is 15.8 Å². The van der Waals surface area contributed by atoms with Crippen molar-refractivity contribution in [1.29, 1.82) is 0 Å². The van der Waals surface area contributed by atoms with E-state index in [2.05, 4.69) is 17.9 Å². The van der Waals surface area contributed by atoms with E-state index < -0.39 is 17.9 Å². The van der Waals surface area contributed by atoms with Crippen LogP contribution in [0.4, 0.5) is 5.69 Å². The molecule has 17 heavy (non-hydrogen) atoms. The van der Waals surface area contributed by atoms with Gasteiger partial charge in [0.1, 0.15) is 6.04 Å². The molecule has 0 saturated carbocycles. The Bertz CT molecular complexity index is 384. The van der Waals surface area contributed by atoms with Crippen LogP contribution in [0.15, 0.2) is 30.3 Å². The number of nitrogens with one attached hydrogen (secondary N) is 1. The van der Waals surface area contributed by atoms with E-state index in [-0.39, 0.29) is 12.4 Å². The Morgan fingerprint density at radius 1 is 1.35 bits per heavy atom. The zero-order valence-electron chi connectivity index (χ0n) is 9.13. The van der Waals surface area contributed by atoms with Crippen LogP contribution in [0.1, 0.15) is 0 Å². The third-order valence-electron chi connectivity index (χ3n) is 1.90. The first kappa shape index (κ1) is 13.5. The van der Waals surface area contributed by atoms with Crippen molar-refractivity contribution in [2.75, 3.05) is 17.7 Å². The molecule has 92 valence electrons. The first-order valence-electron chi connectivity index (χ1n) is 5.01. The average molecular weight is 254 g/mol. The molecular weight excluding hydrogens is 240 g/mol. The maximum Gasteiger partial charge on any atom is 0.324 e. The number of hydrogen-bond donors (Lipinski definition) is 3. The summed E-state index contributed by atoms with van der Waals surface area (Å²) in [6, 6.07) is 8.08. The minimum Gasteiger partial charge on any atom is -0.454 e. The number of thiol groups is 1. The zero-order valence-corrected chi connectivity index (χ0v) is 10.0. The molecule has 0 fully saturated rings. The Labute approximate surface area is 105 Å². The van der Waals surface area contributed by atoms with E-state index in [4.69, 9.17) is 10.5 Å². The summed E-state index contributed by atoms with van der Waals surface area (Å²) in [5.41, 5.74) is 6.02. The molecule has 1 aromatic carbocycles. The second kappa shape index (κ2) is 6.93. The Kier molecular flexibility index (Phi) is 5.51. The van der Waals surface area contributed by atoms with E-state index >= 15 is 0 Å². The molecule has 1 amide bonds. The van der Waals surface area contributed by atoms with Crippen molar-refractivity contribution in [3.05, 3.63) is 30.3 Å². The van der Waals surface area contributed by atoms with Crippen molar-refractivity contribution in [3.8, 4) is 0 Å². The van der Waals surface area contributed by atoms with Gasteiger partial charge in [-0.2, -0.15) is 12.6 Å². The van der Waals surface area contributed by atoms with Gasteiger partial charge in [-0.1, -0.05) is 18.2 Å². The SMILES string of the molecule is N[C@@H](CS)C(=O)OCC(=O)Nc1ccccc1. The van der Waals surface area contributed by atoms with Crippen molar-refractivity contribution in [3.63, 3.8) is 0 Å². The van der Waals surface area contributed by atoms with E-state index in [1.54, 1.807) is 24.3 Å². The topological polar surface area (TPSA) is 81.4 Å². The summed E-state index contributed by atoms with van der Waals surface area (Å²) in [4.78, 5) is 22.5. The third-order valence-corrected chi connectivity index (χ3v) is 2.30. The van der Waals surface area contributed by atoms with Crippen molar-refractivity contribution >= 4 is 30.2 Å². The minimum absolute atomic E-state index is 0.180. The van der Waals surface area contributed by atoms with Crippen molar-refractivity contribution in [2.24, 2.45) is 5.73 Å². The molecule has 1 rings (SSSR count). The van der Waals surface area contributed by atoms with Gasteiger partial charge in [-0.3, -0.25) is 9.59 Å². The molecule has 0 aliphatic carbocycles. The second-order valence-corrected chi connectivity index (χ2v) is 3.68. The zero-order chi connectivity index (χ0) is 12.7. The normalized spacial score (nSPS) is 11.6. The number of ether oxygens (including phenoxy) is 1. The van der Waals surface area contributed by atoms with Crippen LogP contribution in [-0.2, 0) is 14.3 Å². The van der Waals surface area contributed by atoms with Gasteiger partial charge in [0.15, 0.2) is 6.61 Å². The lowest BCUT2D eigenvalue weighted by Gasteiger charge is -2.09. The van der Waals surface area contributed by atoms with Crippen LogP contribution in [0.5, 0.6) is 0 Å². The van der Waals surface area contributed by atoms with Crippen LogP contribution in [0.25, 0.3) is 0 Å². The van der Waals surface area contributed by atoms with Gasteiger partial charge in [0.2, 0.25) is 0 Å². The van der Waals surface area contributed by atoms with Gasteiger partial charge in [-0.05, 0) is 12.1 Å². The van der Waals surface area contributed by atoms with E-state index in [0.29, 0.717) is 5.69 Å². The maximum atomic E-state index is 11.4. The molecule has 1 aromatic rings. The summed E-state index contributed by atoms with van der Waals surface area (Å²) in [7, 11) is 0. The fourth-order valence-electron chi connectivity index (χ4n) is 1.04. The number of nitrogens with two attached hydrogens (primary N) is 1. The Morgan fingerprint density at radius 3 is 2.59 bits per heavy atom. The molecular formula is C11H14N2O3S. The molecule has 5 nitrogen and oxygen atoms in total. The highest BCUT2D eigenvalue weighted by atomic mass is 32.1. The van der Waals surface area contributed by atoms with E-state index in [1.807, 2.05) is 6.07 Å². The number of para-hydroxylation sites is 1. The molecule has 0 saturated heterocycles. The summed E-state index contributed by atoms with van der Waals surface area (Å²) in [6.07, 6.45) is 0. The molecule has 0 aromatic heterocycles. The highest BCUT2D eigenvalue weighted by Crippen LogP contribution is 2.04. The lowest BCUT2D eigenvalue weighted by atomic mass is 10.3. The van der Waals surface area contributed by atoms with Gasteiger partial charge in [-0.15, -0.1) is 0 Å². The standard InChI is InChI=1S/C11H14N2O3S/c12-9(7-17)11(15)16-6-10(14)13-8-4-2-1-3-5-8/h1-5,9,17H,6-7,12H2,(H,13,14)/t9-/m0/s1. The van der Waals surface area contributed by atoms with Crippen molar-refractivity contribution in [2.45, 2.75) is 6.04 Å². The van der Waals surface area contributed by atoms with E-state index in [0.717, 1.165) is 0 Å². The van der Waals surface area contributed by atoms with Crippen molar-refractivity contribution in [1.82, 2.24) is 0 Å². The van der Waals surface area contributed by atoms with Crippen LogP contribution in [0.3, 0.4) is 0 Å². The van der Waals surface area contributed by atoms with Gasteiger partial charge >= 0.3 is 5.97 Å². The number of esters is 1. The van der Waals surface area contributed by atoms with Crippen LogP contribution >= 0.6 is 12.6 Å². The molecule has 0 radical (unpaired) electrons. The molecule has 6 heteroatoms. The number of hydrogen-bond acceptors (Lipinski definition) is 5. The molecule has 1 atom stereocenters. The fourth-order valence-corrected chi connectivity index (χ4v) is 1.19. The minimum atomic E-state index is -0.803. The lowest BCUT2D eigenvalue weighted by molar-refractivity contribution is -0.148. The maximum absolute atomic E-state index is 11.4. The molecule has 0 heterocycles.